The zero-order valence-electron chi connectivity index (χ0n) is 16.2. The molecule has 0 aliphatic heterocycles. The number of thiophene rings is 1. The summed E-state index contributed by atoms with van der Waals surface area (Å²) >= 11 is 2.72. The fraction of sp³-hybridized carbons (Fsp3) is 0.381. The van der Waals surface area contributed by atoms with Crippen LogP contribution in [0.1, 0.15) is 36.6 Å². The van der Waals surface area contributed by atoms with Crippen molar-refractivity contribution in [1.82, 2.24) is 14.9 Å². The smallest absolute Gasteiger partial charge is 0.267 e. The van der Waals surface area contributed by atoms with Gasteiger partial charge in [0, 0.05) is 11.4 Å². The molecule has 1 aromatic carbocycles. The van der Waals surface area contributed by atoms with Crippen LogP contribution in [-0.2, 0) is 17.6 Å². The normalized spacial score (nSPS) is 13.4. The van der Waals surface area contributed by atoms with Crippen molar-refractivity contribution < 1.29 is 9.18 Å². The number of hydrogen-bond acceptors (Lipinski definition) is 5. The summed E-state index contributed by atoms with van der Waals surface area (Å²) in [7, 11) is 0. The average Bonchev–Trinajstić information content (AvgIpc) is 3.10. The molecule has 4 rings (SSSR count). The topological polar surface area (TPSA) is 64.0 Å². The van der Waals surface area contributed by atoms with E-state index in [-0.39, 0.29) is 22.9 Å². The lowest BCUT2D eigenvalue weighted by Crippen LogP contribution is -2.27. The molecular formula is C21H22FN3O2S2. The van der Waals surface area contributed by atoms with Crippen molar-refractivity contribution in [1.29, 1.82) is 0 Å². The molecule has 8 heteroatoms. The van der Waals surface area contributed by atoms with E-state index in [9.17, 15) is 14.0 Å². The number of fused-ring (bicyclic) bond motifs is 3. The Morgan fingerprint density at radius 3 is 2.90 bits per heavy atom. The predicted octanol–water partition coefficient (Wildman–Crippen LogP) is 4.08. The van der Waals surface area contributed by atoms with E-state index in [2.05, 4.69) is 5.32 Å². The zero-order chi connectivity index (χ0) is 20.4. The van der Waals surface area contributed by atoms with Crippen molar-refractivity contribution in [3.63, 3.8) is 0 Å². The second kappa shape index (κ2) is 8.67. The molecule has 0 spiro atoms. The summed E-state index contributed by atoms with van der Waals surface area (Å²) in [6.07, 6.45) is 4.82. The van der Waals surface area contributed by atoms with E-state index < -0.39 is 5.82 Å². The van der Waals surface area contributed by atoms with Crippen LogP contribution in [0.2, 0.25) is 0 Å². The molecular weight excluding hydrogens is 409 g/mol. The van der Waals surface area contributed by atoms with E-state index in [1.807, 2.05) is 6.92 Å². The predicted molar refractivity (Wildman–Crippen MR) is 116 cm³/mol. The fourth-order valence-corrected chi connectivity index (χ4v) is 5.71. The number of carbonyl (C=O) groups is 1. The molecule has 0 atom stereocenters. The molecule has 0 fully saturated rings. The quantitative estimate of drug-likeness (QED) is 0.472. The van der Waals surface area contributed by atoms with Crippen LogP contribution in [0.15, 0.2) is 34.2 Å². The van der Waals surface area contributed by atoms with Gasteiger partial charge in [-0.05, 0) is 49.8 Å². The molecule has 1 aliphatic carbocycles. The van der Waals surface area contributed by atoms with Gasteiger partial charge in [-0.1, -0.05) is 30.8 Å². The maximum absolute atomic E-state index is 14.6. The molecule has 5 nitrogen and oxygen atoms in total. The Morgan fingerprint density at radius 2 is 2.10 bits per heavy atom. The zero-order valence-corrected chi connectivity index (χ0v) is 17.8. The highest BCUT2D eigenvalue weighted by molar-refractivity contribution is 7.99. The Morgan fingerprint density at radius 1 is 1.31 bits per heavy atom. The molecule has 0 saturated carbocycles. The van der Waals surface area contributed by atoms with E-state index in [0.717, 1.165) is 49.4 Å². The van der Waals surface area contributed by atoms with Crippen LogP contribution in [-0.4, -0.2) is 27.8 Å². The number of aromatic nitrogens is 2. The first kappa shape index (κ1) is 20.1. The standard InChI is InChI=1S/C21H22FN3O2S2/c1-2-11-23-17(26)12-28-21-24-19-18(13-7-3-6-10-16(13)29-19)20(27)25(21)15-9-5-4-8-14(15)22/h4-5,8-9H,2-3,6-7,10-12H2,1H3,(H,23,26). The summed E-state index contributed by atoms with van der Waals surface area (Å²) in [5.41, 5.74) is 0.978. The highest BCUT2D eigenvalue weighted by Gasteiger charge is 2.24. The van der Waals surface area contributed by atoms with Gasteiger partial charge in [-0.25, -0.2) is 9.37 Å². The minimum Gasteiger partial charge on any atom is -0.355 e. The summed E-state index contributed by atoms with van der Waals surface area (Å²) in [6, 6.07) is 6.19. The van der Waals surface area contributed by atoms with Crippen molar-refractivity contribution in [3.05, 3.63) is 50.9 Å². The third-order valence-corrected chi connectivity index (χ3v) is 7.08. The highest BCUT2D eigenvalue weighted by Crippen LogP contribution is 2.35. The van der Waals surface area contributed by atoms with Gasteiger partial charge in [0.1, 0.15) is 10.6 Å². The minimum atomic E-state index is -0.489. The van der Waals surface area contributed by atoms with Gasteiger partial charge in [-0.15, -0.1) is 11.3 Å². The molecule has 1 N–H and O–H groups in total. The molecule has 0 saturated heterocycles. The van der Waals surface area contributed by atoms with E-state index >= 15 is 0 Å². The van der Waals surface area contributed by atoms with E-state index in [4.69, 9.17) is 4.98 Å². The number of carbonyl (C=O) groups excluding carboxylic acids is 1. The lowest BCUT2D eigenvalue weighted by atomic mass is 9.97. The van der Waals surface area contributed by atoms with Gasteiger partial charge in [-0.3, -0.25) is 14.2 Å². The number of hydrogen-bond donors (Lipinski definition) is 1. The molecule has 2 heterocycles. The van der Waals surface area contributed by atoms with Crippen molar-refractivity contribution in [3.8, 4) is 5.69 Å². The number of amides is 1. The molecule has 29 heavy (non-hydrogen) atoms. The van der Waals surface area contributed by atoms with Crippen LogP contribution in [0.5, 0.6) is 0 Å². The molecule has 1 amide bonds. The minimum absolute atomic E-state index is 0.123. The maximum Gasteiger partial charge on any atom is 0.267 e. The van der Waals surface area contributed by atoms with Crippen LogP contribution >= 0.6 is 23.1 Å². The fourth-order valence-electron chi connectivity index (χ4n) is 3.57. The first-order chi connectivity index (χ1) is 14.1. The van der Waals surface area contributed by atoms with Gasteiger partial charge in [-0.2, -0.15) is 0 Å². The molecule has 2 aromatic heterocycles. The van der Waals surface area contributed by atoms with E-state index in [1.165, 1.54) is 15.5 Å². The maximum atomic E-state index is 14.6. The summed E-state index contributed by atoms with van der Waals surface area (Å²) in [6.45, 7) is 2.58. The summed E-state index contributed by atoms with van der Waals surface area (Å²) in [4.78, 5) is 32.2. The largest absolute Gasteiger partial charge is 0.355 e. The first-order valence-corrected chi connectivity index (χ1v) is 11.6. The van der Waals surface area contributed by atoms with Crippen LogP contribution in [0.25, 0.3) is 15.9 Å². The Kier molecular flexibility index (Phi) is 6.01. The second-order valence-corrected chi connectivity index (χ2v) is 9.04. The lowest BCUT2D eigenvalue weighted by molar-refractivity contribution is -0.118. The number of nitrogens with zero attached hydrogens (tertiary/aromatic N) is 2. The number of para-hydroxylation sites is 1. The summed E-state index contributed by atoms with van der Waals surface area (Å²) in [5, 5.41) is 3.77. The van der Waals surface area contributed by atoms with E-state index in [1.54, 1.807) is 29.5 Å². The second-order valence-electron chi connectivity index (χ2n) is 7.02. The summed E-state index contributed by atoms with van der Waals surface area (Å²) < 4.78 is 15.9. The highest BCUT2D eigenvalue weighted by atomic mass is 32.2. The Hall–Kier alpha value is -2.19. The van der Waals surface area contributed by atoms with Gasteiger partial charge in [0.2, 0.25) is 5.91 Å². The summed E-state index contributed by atoms with van der Waals surface area (Å²) in [5.74, 6) is -0.494. The Bertz CT molecular complexity index is 1120. The van der Waals surface area contributed by atoms with Crippen LogP contribution in [0, 0.1) is 5.82 Å². The molecule has 0 bridgehead atoms. The number of thioether (sulfide) groups is 1. The third kappa shape index (κ3) is 3.96. The number of nitrogens with one attached hydrogen (secondary N) is 1. The van der Waals surface area contributed by atoms with Gasteiger partial charge >= 0.3 is 0 Å². The number of halogens is 1. The van der Waals surface area contributed by atoms with Crippen LogP contribution in [0.4, 0.5) is 4.39 Å². The Balaban J connectivity index is 1.84. The van der Waals surface area contributed by atoms with Crippen molar-refractivity contribution in [2.75, 3.05) is 12.3 Å². The van der Waals surface area contributed by atoms with Gasteiger partial charge in [0.05, 0.1) is 16.8 Å². The Labute approximate surface area is 176 Å². The number of rotatable bonds is 6. The van der Waals surface area contributed by atoms with Gasteiger partial charge < -0.3 is 5.32 Å². The van der Waals surface area contributed by atoms with Crippen LogP contribution in [0.3, 0.4) is 0 Å². The average molecular weight is 432 g/mol. The van der Waals surface area contributed by atoms with E-state index in [0.29, 0.717) is 21.9 Å². The molecule has 0 unspecified atom stereocenters. The SMILES string of the molecule is CCCNC(=O)CSc1nc2sc3c(c2c(=O)n1-c1ccccc1F)CCCC3. The molecule has 3 aromatic rings. The monoisotopic (exact) mass is 431 g/mol. The third-order valence-electron chi connectivity index (χ3n) is 4.96. The molecule has 152 valence electrons. The molecule has 0 radical (unpaired) electrons. The molecule has 1 aliphatic rings. The number of benzene rings is 1. The van der Waals surface area contributed by atoms with Crippen molar-refractivity contribution in [2.45, 2.75) is 44.2 Å². The lowest BCUT2D eigenvalue weighted by Gasteiger charge is -2.14. The van der Waals surface area contributed by atoms with Crippen LogP contribution < -0.4 is 10.9 Å². The van der Waals surface area contributed by atoms with Gasteiger partial charge in [0.15, 0.2) is 5.16 Å². The van der Waals surface area contributed by atoms with Crippen molar-refractivity contribution >= 4 is 39.2 Å². The first-order valence-electron chi connectivity index (χ1n) is 9.81. The number of aryl methyl sites for hydroxylation is 2. The van der Waals surface area contributed by atoms with Gasteiger partial charge in [0.25, 0.3) is 5.56 Å². The van der Waals surface area contributed by atoms with Crippen molar-refractivity contribution in [2.24, 2.45) is 0 Å².